The zero-order valence-corrected chi connectivity index (χ0v) is 11.9. The van der Waals surface area contributed by atoms with Gasteiger partial charge in [0.15, 0.2) is 0 Å². The molecule has 6 nitrogen and oxygen atoms in total. The number of benzene rings is 1. The molecule has 0 aliphatic carbocycles. The number of nitro benzene ring substituents is 1. The van der Waals surface area contributed by atoms with E-state index in [4.69, 9.17) is 16.3 Å². The monoisotopic (exact) mass is 307 g/mol. The lowest BCUT2D eigenvalue weighted by Gasteiger charge is -2.07. The van der Waals surface area contributed by atoms with Crippen molar-refractivity contribution in [3.05, 3.63) is 33.3 Å². The van der Waals surface area contributed by atoms with Crippen molar-refractivity contribution in [2.75, 3.05) is 18.1 Å². The minimum absolute atomic E-state index is 0.0239. The van der Waals surface area contributed by atoms with Crippen molar-refractivity contribution < 1.29 is 18.1 Å². The highest BCUT2D eigenvalue weighted by atomic mass is 35.5. The van der Waals surface area contributed by atoms with E-state index >= 15 is 0 Å². The maximum absolute atomic E-state index is 11.3. The number of hydrogen-bond donors (Lipinski definition) is 0. The van der Waals surface area contributed by atoms with Crippen molar-refractivity contribution in [3.63, 3.8) is 0 Å². The van der Waals surface area contributed by atoms with E-state index in [1.165, 1.54) is 18.2 Å². The van der Waals surface area contributed by atoms with Crippen LogP contribution in [-0.4, -0.2) is 31.5 Å². The number of halogens is 1. The smallest absolute Gasteiger partial charge is 0.273 e. The van der Waals surface area contributed by atoms with Crippen LogP contribution in [-0.2, 0) is 9.84 Å². The Balaban J connectivity index is 2.58. The molecule has 0 aliphatic heterocycles. The fourth-order valence-electron chi connectivity index (χ4n) is 1.32. The minimum Gasteiger partial charge on any atom is -0.492 e. The Morgan fingerprint density at radius 1 is 1.42 bits per heavy atom. The lowest BCUT2D eigenvalue weighted by molar-refractivity contribution is -0.384. The number of hydrogen-bond acceptors (Lipinski definition) is 5. The molecular formula is C11H14ClNO5S. The average molecular weight is 308 g/mol. The van der Waals surface area contributed by atoms with Crippen LogP contribution in [0.15, 0.2) is 18.2 Å². The molecule has 0 N–H and O–H groups in total. The first-order valence-corrected chi connectivity index (χ1v) is 7.83. The van der Waals surface area contributed by atoms with Crippen LogP contribution in [0.2, 0.25) is 5.02 Å². The second kappa shape index (κ2) is 6.72. The summed E-state index contributed by atoms with van der Waals surface area (Å²) in [5.41, 5.74) is -0.124. The Morgan fingerprint density at radius 3 is 2.68 bits per heavy atom. The topological polar surface area (TPSA) is 86.5 Å². The standard InChI is InChI=1S/C11H14ClNO5S/c1-2-19(16,17)7-3-6-18-11-8-9(13(14)15)4-5-10(11)12/h4-5,8H,2-3,6-7H2,1H3. The molecule has 1 aromatic carbocycles. The fraction of sp³-hybridized carbons (Fsp3) is 0.455. The third kappa shape index (κ3) is 5.04. The molecule has 1 rings (SSSR count). The molecule has 0 spiro atoms. The third-order valence-corrected chi connectivity index (χ3v) is 4.53. The molecule has 0 fully saturated rings. The molecule has 0 atom stereocenters. The number of non-ortho nitro benzene ring substituents is 1. The van der Waals surface area contributed by atoms with Gasteiger partial charge in [-0.1, -0.05) is 18.5 Å². The third-order valence-electron chi connectivity index (χ3n) is 2.42. The number of rotatable bonds is 7. The second-order valence-corrected chi connectivity index (χ2v) is 6.69. The lowest BCUT2D eigenvalue weighted by atomic mass is 10.3. The zero-order chi connectivity index (χ0) is 14.5. The van der Waals surface area contributed by atoms with Crippen LogP contribution < -0.4 is 4.74 Å². The van der Waals surface area contributed by atoms with E-state index in [0.29, 0.717) is 6.42 Å². The molecule has 0 radical (unpaired) electrons. The SMILES string of the molecule is CCS(=O)(=O)CCCOc1cc([N+](=O)[O-])ccc1Cl. The van der Waals surface area contributed by atoms with Crippen molar-refractivity contribution in [1.82, 2.24) is 0 Å². The first kappa shape index (κ1) is 15.7. The molecular weight excluding hydrogens is 294 g/mol. The van der Waals surface area contributed by atoms with Crippen molar-refractivity contribution in [2.24, 2.45) is 0 Å². The Bertz CT molecular complexity index is 558. The average Bonchev–Trinajstić information content (AvgIpc) is 2.36. The van der Waals surface area contributed by atoms with Crippen molar-refractivity contribution in [1.29, 1.82) is 0 Å². The molecule has 1 aromatic rings. The largest absolute Gasteiger partial charge is 0.492 e. The van der Waals surface area contributed by atoms with Gasteiger partial charge in [0.2, 0.25) is 0 Å². The van der Waals surface area contributed by atoms with Crippen molar-refractivity contribution in [3.8, 4) is 5.75 Å². The van der Waals surface area contributed by atoms with Gasteiger partial charge in [0.25, 0.3) is 5.69 Å². The Hall–Kier alpha value is -1.34. The Morgan fingerprint density at radius 2 is 2.11 bits per heavy atom. The van der Waals surface area contributed by atoms with Gasteiger partial charge >= 0.3 is 0 Å². The van der Waals surface area contributed by atoms with Gasteiger partial charge in [0.1, 0.15) is 15.6 Å². The van der Waals surface area contributed by atoms with Crippen LogP contribution in [0.3, 0.4) is 0 Å². The molecule has 19 heavy (non-hydrogen) atoms. The molecule has 0 saturated carbocycles. The molecule has 0 aromatic heterocycles. The van der Waals surface area contributed by atoms with Crippen LogP contribution >= 0.6 is 11.6 Å². The van der Waals surface area contributed by atoms with Crippen LogP contribution in [0.1, 0.15) is 13.3 Å². The van der Waals surface area contributed by atoms with Gasteiger partial charge in [-0.05, 0) is 12.5 Å². The van der Waals surface area contributed by atoms with Gasteiger partial charge in [0.05, 0.1) is 28.4 Å². The van der Waals surface area contributed by atoms with E-state index < -0.39 is 14.8 Å². The molecule has 8 heteroatoms. The normalized spacial score (nSPS) is 11.3. The summed E-state index contributed by atoms with van der Waals surface area (Å²) in [4.78, 5) is 10.0. The quantitative estimate of drug-likeness (QED) is 0.439. The summed E-state index contributed by atoms with van der Waals surface area (Å²) in [6, 6.07) is 3.87. The summed E-state index contributed by atoms with van der Waals surface area (Å²) in [7, 11) is -3.03. The fourth-order valence-corrected chi connectivity index (χ4v) is 2.34. The second-order valence-electron chi connectivity index (χ2n) is 3.81. The van der Waals surface area contributed by atoms with Crippen LogP contribution in [0, 0.1) is 10.1 Å². The van der Waals surface area contributed by atoms with Crippen LogP contribution in [0.4, 0.5) is 5.69 Å². The Labute approximate surface area is 116 Å². The summed E-state index contributed by atoms with van der Waals surface area (Å²) in [6.45, 7) is 1.72. The number of sulfone groups is 1. The maximum Gasteiger partial charge on any atom is 0.273 e. The van der Waals surface area contributed by atoms with Gasteiger partial charge in [0, 0.05) is 11.8 Å². The molecule has 0 heterocycles. The van der Waals surface area contributed by atoms with Crippen LogP contribution in [0.5, 0.6) is 5.75 Å². The van der Waals surface area contributed by atoms with Gasteiger partial charge in [-0.15, -0.1) is 0 Å². The van der Waals surface area contributed by atoms with Gasteiger partial charge in [-0.3, -0.25) is 10.1 Å². The van der Waals surface area contributed by atoms with Gasteiger partial charge < -0.3 is 4.74 Å². The summed E-state index contributed by atoms with van der Waals surface area (Å²) < 4.78 is 27.8. The predicted octanol–water partition coefficient (Wildman–Crippen LogP) is 2.45. The summed E-state index contributed by atoms with van der Waals surface area (Å²) in [5, 5.41) is 10.8. The highest BCUT2D eigenvalue weighted by molar-refractivity contribution is 7.91. The molecule has 0 unspecified atom stereocenters. The van der Waals surface area contributed by atoms with Crippen molar-refractivity contribution in [2.45, 2.75) is 13.3 Å². The molecule has 0 saturated heterocycles. The molecule has 0 bridgehead atoms. The molecule has 0 aliphatic rings. The van der Waals surface area contributed by atoms with Gasteiger partial charge in [-0.25, -0.2) is 8.42 Å². The highest BCUT2D eigenvalue weighted by Crippen LogP contribution is 2.28. The highest BCUT2D eigenvalue weighted by Gasteiger charge is 2.11. The Kier molecular flexibility index (Phi) is 5.56. The van der Waals surface area contributed by atoms with E-state index in [1.54, 1.807) is 6.92 Å². The lowest BCUT2D eigenvalue weighted by Crippen LogP contribution is -2.11. The maximum atomic E-state index is 11.3. The van der Waals surface area contributed by atoms with E-state index in [-0.39, 0.29) is 34.6 Å². The van der Waals surface area contributed by atoms with E-state index in [0.717, 1.165) is 0 Å². The number of nitro groups is 1. The molecule has 0 amide bonds. The van der Waals surface area contributed by atoms with E-state index in [9.17, 15) is 18.5 Å². The summed E-state index contributed by atoms with van der Waals surface area (Å²) >= 11 is 5.83. The zero-order valence-electron chi connectivity index (χ0n) is 10.3. The van der Waals surface area contributed by atoms with E-state index in [2.05, 4.69) is 0 Å². The van der Waals surface area contributed by atoms with Crippen LogP contribution in [0.25, 0.3) is 0 Å². The molecule has 106 valence electrons. The number of ether oxygens (including phenoxy) is 1. The van der Waals surface area contributed by atoms with Crippen molar-refractivity contribution >= 4 is 27.1 Å². The summed E-state index contributed by atoms with van der Waals surface area (Å²) in [6.07, 6.45) is 0.315. The first-order valence-electron chi connectivity index (χ1n) is 5.63. The van der Waals surface area contributed by atoms with E-state index in [1.807, 2.05) is 0 Å². The van der Waals surface area contributed by atoms with Gasteiger partial charge in [-0.2, -0.15) is 0 Å². The first-order chi connectivity index (χ1) is 8.85. The minimum atomic E-state index is -3.03. The predicted molar refractivity (Wildman–Crippen MR) is 72.5 cm³/mol. The summed E-state index contributed by atoms with van der Waals surface area (Å²) in [5.74, 6) is 0.297. The number of nitrogens with zero attached hydrogens (tertiary/aromatic N) is 1.